The largest absolute Gasteiger partial charge is 0.344 e. The van der Waals surface area contributed by atoms with Crippen molar-refractivity contribution in [2.24, 2.45) is 5.73 Å². The van der Waals surface area contributed by atoms with Crippen LogP contribution < -0.4 is 21.7 Å². The minimum atomic E-state index is -0.658. The summed E-state index contributed by atoms with van der Waals surface area (Å²) in [4.78, 5) is 39.8. The summed E-state index contributed by atoms with van der Waals surface area (Å²) in [5.41, 5.74) is 11.6. The van der Waals surface area contributed by atoms with Gasteiger partial charge in [-0.05, 0) is 47.2 Å². The zero-order valence-corrected chi connectivity index (χ0v) is 22.8. The minimum Gasteiger partial charge on any atom is -0.344 e. The summed E-state index contributed by atoms with van der Waals surface area (Å²) in [6, 6.07) is 23.2. The second-order valence-corrected chi connectivity index (χ2v) is 10.7. The molecule has 8 heteroatoms. The number of amides is 4. The SMILES string of the molecule is CNC(=O)NCc1ccccc1-c1ccc(CN2Cc3ccccc3C[C@@H](NC(=O)CC(C)(C)N)C2=O)cc1. The highest BCUT2D eigenvalue weighted by atomic mass is 16.2. The third-order valence-corrected chi connectivity index (χ3v) is 6.79. The number of fused-ring (bicyclic) bond motifs is 1. The maximum absolute atomic E-state index is 13.6. The topological polar surface area (TPSA) is 117 Å². The molecular formula is C31H37N5O3. The van der Waals surface area contributed by atoms with Crippen LogP contribution in [0.1, 0.15) is 42.5 Å². The average molecular weight is 528 g/mol. The Labute approximate surface area is 230 Å². The lowest BCUT2D eigenvalue weighted by atomic mass is 9.98. The van der Waals surface area contributed by atoms with Crippen molar-refractivity contribution in [1.82, 2.24) is 20.9 Å². The van der Waals surface area contributed by atoms with E-state index < -0.39 is 11.6 Å². The van der Waals surface area contributed by atoms with E-state index in [-0.39, 0.29) is 24.3 Å². The van der Waals surface area contributed by atoms with Crippen LogP contribution in [-0.2, 0) is 35.6 Å². The molecule has 0 bridgehead atoms. The molecule has 0 spiro atoms. The van der Waals surface area contributed by atoms with Crippen LogP contribution in [-0.4, -0.2) is 41.4 Å². The van der Waals surface area contributed by atoms with Gasteiger partial charge in [-0.25, -0.2) is 4.79 Å². The average Bonchev–Trinajstić information content (AvgIpc) is 3.03. The predicted molar refractivity (Wildman–Crippen MR) is 152 cm³/mol. The normalized spacial score (nSPS) is 15.2. The van der Waals surface area contributed by atoms with Gasteiger partial charge in [0, 0.05) is 45.1 Å². The van der Waals surface area contributed by atoms with Crippen LogP contribution >= 0.6 is 0 Å². The summed E-state index contributed by atoms with van der Waals surface area (Å²) in [5.74, 6) is -0.335. The molecule has 0 saturated heterocycles. The summed E-state index contributed by atoms with van der Waals surface area (Å²) in [7, 11) is 1.59. The van der Waals surface area contributed by atoms with E-state index in [2.05, 4.69) is 16.0 Å². The van der Waals surface area contributed by atoms with E-state index in [1.807, 2.05) is 72.8 Å². The Balaban J connectivity index is 1.53. The van der Waals surface area contributed by atoms with E-state index in [9.17, 15) is 14.4 Å². The van der Waals surface area contributed by atoms with Gasteiger partial charge in [0.25, 0.3) is 0 Å². The van der Waals surface area contributed by atoms with Gasteiger partial charge in [-0.3, -0.25) is 9.59 Å². The number of rotatable bonds is 8. The van der Waals surface area contributed by atoms with Crippen molar-refractivity contribution in [3.63, 3.8) is 0 Å². The van der Waals surface area contributed by atoms with Crippen LogP contribution in [0.4, 0.5) is 4.79 Å². The van der Waals surface area contributed by atoms with Crippen molar-refractivity contribution in [3.05, 3.63) is 95.1 Å². The summed E-state index contributed by atoms with van der Waals surface area (Å²) < 4.78 is 0. The first-order valence-corrected chi connectivity index (χ1v) is 13.2. The second-order valence-electron chi connectivity index (χ2n) is 10.7. The summed E-state index contributed by atoms with van der Waals surface area (Å²) in [6.07, 6.45) is 0.585. The molecule has 4 amide bonds. The lowest BCUT2D eigenvalue weighted by Gasteiger charge is -2.26. The van der Waals surface area contributed by atoms with Crippen molar-refractivity contribution in [2.45, 2.75) is 57.9 Å². The predicted octanol–water partition coefficient (Wildman–Crippen LogP) is 3.48. The Kier molecular flexibility index (Phi) is 8.66. The summed E-state index contributed by atoms with van der Waals surface area (Å²) >= 11 is 0. The van der Waals surface area contributed by atoms with E-state index in [1.54, 1.807) is 25.8 Å². The fourth-order valence-electron chi connectivity index (χ4n) is 4.86. The Morgan fingerprint density at radius 1 is 0.974 bits per heavy atom. The number of nitrogens with two attached hydrogens (primary N) is 1. The molecule has 1 atom stereocenters. The van der Waals surface area contributed by atoms with Crippen molar-refractivity contribution >= 4 is 17.8 Å². The minimum absolute atomic E-state index is 0.107. The molecule has 1 aliphatic rings. The fraction of sp³-hybridized carbons (Fsp3) is 0.323. The number of nitrogens with zero attached hydrogens (tertiary/aromatic N) is 1. The van der Waals surface area contributed by atoms with E-state index in [4.69, 9.17) is 5.73 Å². The molecule has 39 heavy (non-hydrogen) atoms. The van der Waals surface area contributed by atoms with Crippen LogP contribution in [0.5, 0.6) is 0 Å². The highest BCUT2D eigenvalue weighted by molar-refractivity contribution is 5.88. The molecule has 0 fully saturated rings. The number of benzene rings is 3. The summed E-state index contributed by atoms with van der Waals surface area (Å²) in [6.45, 7) is 4.89. The van der Waals surface area contributed by atoms with Gasteiger partial charge in [-0.1, -0.05) is 72.8 Å². The maximum atomic E-state index is 13.6. The highest BCUT2D eigenvalue weighted by Gasteiger charge is 2.31. The van der Waals surface area contributed by atoms with Crippen molar-refractivity contribution < 1.29 is 14.4 Å². The third kappa shape index (κ3) is 7.45. The summed E-state index contributed by atoms with van der Waals surface area (Å²) in [5, 5.41) is 8.35. The van der Waals surface area contributed by atoms with Crippen molar-refractivity contribution in [3.8, 4) is 11.1 Å². The number of hydrogen-bond acceptors (Lipinski definition) is 4. The zero-order chi connectivity index (χ0) is 28.0. The number of hydrogen-bond donors (Lipinski definition) is 4. The van der Waals surface area contributed by atoms with Crippen LogP contribution in [0.2, 0.25) is 0 Å². The first-order valence-electron chi connectivity index (χ1n) is 13.2. The molecule has 5 N–H and O–H groups in total. The standard InChI is InChI=1S/C31H37N5O3/c1-31(2,32)17-28(37)35-27-16-23-8-4-5-10-25(23)20-36(29(27)38)19-21-12-14-22(15-13-21)26-11-7-6-9-24(26)18-34-30(39)33-3/h4-15,27H,16-20,32H2,1-3H3,(H,35,37)(H2,33,34,39)/t27-/m1/s1. The third-order valence-electron chi connectivity index (χ3n) is 6.79. The molecule has 3 aromatic carbocycles. The molecule has 0 radical (unpaired) electrons. The number of carbonyl (C=O) groups excluding carboxylic acids is 3. The number of nitrogens with one attached hydrogen (secondary N) is 3. The van der Waals surface area contributed by atoms with E-state index in [1.165, 1.54) is 0 Å². The van der Waals surface area contributed by atoms with Crippen molar-refractivity contribution in [1.29, 1.82) is 0 Å². The molecule has 204 valence electrons. The molecule has 8 nitrogen and oxygen atoms in total. The fourth-order valence-corrected chi connectivity index (χ4v) is 4.86. The van der Waals surface area contributed by atoms with E-state index in [0.29, 0.717) is 26.1 Å². The van der Waals surface area contributed by atoms with Gasteiger partial charge in [-0.15, -0.1) is 0 Å². The first kappa shape index (κ1) is 27.9. The van der Waals surface area contributed by atoms with Crippen LogP contribution in [0.3, 0.4) is 0 Å². The quantitative estimate of drug-likeness (QED) is 0.359. The molecule has 0 aliphatic carbocycles. The molecule has 0 unspecified atom stereocenters. The molecule has 1 heterocycles. The van der Waals surface area contributed by atoms with Gasteiger partial charge < -0.3 is 26.6 Å². The molecule has 0 saturated carbocycles. The Morgan fingerprint density at radius 2 is 1.64 bits per heavy atom. The van der Waals surface area contributed by atoms with Crippen LogP contribution in [0, 0.1) is 0 Å². The molecule has 3 aromatic rings. The number of carbonyl (C=O) groups is 3. The van der Waals surface area contributed by atoms with Crippen LogP contribution in [0.15, 0.2) is 72.8 Å². The van der Waals surface area contributed by atoms with Gasteiger partial charge in [-0.2, -0.15) is 0 Å². The molecule has 1 aliphatic heterocycles. The smallest absolute Gasteiger partial charge is 0.314 e. The van der Waals surface area contributed by atoms with Gasteiger partial charge in [0.2, 0.25) is 11.8 Å². The van der Waals surface area contributed by atoms with E-state index >= 15 is 0 Å². The maximum Gasteiger partial charge on any atom is 0.314 e. The number of urea groups is 1. The monoisotopic (exact) mass is 527 g/mol. The van der Waals surface area contributed by atoms with Crippen LogP contribution in [0.25, 0.3) is 11.1 Å². The van der Waals surface area contributed by atoms with Gasteiger partial charge >= 0.3 is 6.03 Å². The Hall–Kier alpha value is -4.17. The Bertz CT molecular complexity index is 1330. The van der Waals surface area contributed by atoms with Gasteiger partial charge in [0.05, 0.1) is 0 Å². The molecule has 4 rings (SSSR count). The first-order chi connectivity index (χ1) is 18.6. The molecule has 0 aromatic heterocycles. The highest BCUT2D eigenvalue weighted by Crippen LogP contribution is 2.26. The van der Waals surface area contributed by atoms with Gasteiger partial charge in [0.15, 0.2) is 0 Å². The van der Waals surface area contributed by atoms with Crippen molar-refractivity contribution in [2.75, 3.05) is 7.05 Å². The van der Waals surface area contributed by atoms with Gasteiger partial charge in [0.1, 0.15) is 6.04 Å². The second kappa shape index (κ2) is 12.1. The molecular weight excluding hydrogens is 490 g/mol. The zero-order valence-electron chi connectivity index (χ0n) is 22.8. The Morgan fingerprint density at radius 3 is 2.33 bits per heavy atom. The lowest BCUT2D eigenvalue weighted by molar-refractivity contribution is -0.137. The lowest BCUT2D eigenvalue weighted by Crippen LogP contribution is -2.50. The van der Waals surface area contributed by atoms with E-state index in [0.717, 1.165) is 33.4 Å².